The molecule has 1 rings (SSSR count). The normalized spacial score (nSPS) is 39.7. The minimum absolute atomic E-state index is 0.0417. The standard InChI is InChI=1S/C5H9NO/c6-4-2-1-3-5(4)7/h1,3-5,7H,2,6H2. The SMILES string of the molecule is NC1CC=CC1O. The third-order valence-corrected chi connectivity index (χ3v) is 1.18. The zero-order valence-corrected chi connectivity index (χ0v) is 4.04. The van der Waals surface area contributed by atoms with E-state index in [0.717, 1.165) is 6.42 Å². The van der Waals surface area contributed by atoms with Crippen LogP contribution in [0.15, 0.2) is 12.2 Å². The van der Waals surface area contributed by atoms with E-state index in [9.17, 15) is 0 Å². The Labute approximate surface area is 42.6 Å². The zero-order valence-electron chi connectivity index (χ0n) is 4.04. The third-order valence-electron chi connectivity index (χ3n) is 1.18. The summed E-state index contributed by atoms with van der Waals surface area (Å²) in [7, 11) is 0. The average molecular weight is 99.1 g/mol. The molecule has 0 spiro atoms. The number of rotatable bonds is 0. The molecule has 0 saturated carbocycles. The first-order valence-corrected chi connectivity index (χ1v) is 2.41. The average Bonchev–Trinajstić information content (AvgIpc) is 1.91. The fourth-order valence-electron chi connectivity index (χ4n) is 0.657. The number of nitrogens with two attached hydrogens (primary N) is 1. The van der Waals surface area contributed by atoms with Crippen LogP contribution in [-0.4, -0.2) is 17.3 Å². The molecule has 0 amide bonds. The highest BCUT2D eigenvalue weighted by Crippen LogP contribution is 2.06. The van der Waals surface area contributed by atoms with Gasteiger partial charge in [0.25, 0.3) is 0 Å². The van der Waals surface area contributed by atoms with Crippen LogP contribution < -0.4 is 5.73 Å². The summed E-state index contributed by atoms with van der Waals surface area (Å²) in [5.41, 5.74) is 5.37. The van der Waals surface area contributed by atoms with Crippen LogP contribution in [0, 0.1) is 0 Å². The fraction of sp³-hybridized carbons (Fsp3) is 0.600. The number of aliphatic hydroxyl groups excluding tert-OH is 1. The molecule has 1 aliphatic carbocycles. The van der Waals surface area contributed by atoms with Crippen molar-refractivity contribution in [2.45, 2.75) is 18.6 Å². The van der Waals surface area contributed by atoms with Gasteiger partial charge in [0.15, 0.2) is 0 Å². The van der Waals surface area contributed by atoms with Gasteiger partial charge in [0.05, 0.1) is 6.10 Å². The molecule has 7 heavy (non-hydrogen) atoms. The van der Waals surface area contributed by atoms with Crippen LogP contribution in [0.2, 0.25) is 0 Å². The first-order valence-electron chi connectivity index (χ1n) is 2.41. The number of hydrogen-bond acceptors (Lipinski definition) is 2. The maximum Gasteiger partial charge on any atom is 0.0874 e. The molecule has 2 heteroatoms. The summed E-state index contributed by atoms with van der Waals surface area (Å²) >= 11 is 0. The second kappa shape index (κ2) is 1.64. The summed E-state index contributed by atoms with van der Waals surface area (Å²) in [5.74, 6) is 0. The van der Waals surface area contributed by atoms with Crippen LogP contribution >= 0.6 is 0 Å². The first kappa shape index (κ1) is 4.81. The van der Waals surface area contributed by atoms with Crippen molar-refractivity contribution in [1.82, 2.24) is 0 Å². The molecule has 40 valence electrons. The van der Waals surface area contributed by atoms with Gasteiger partial charge in [-0.3, -0.25) is 0 Å². The van der Waals surface area contributed by atoms with E-state index in [1.54, 1.807) is 6.08 Å². The molecule has 2 unspecified atom stereocenters. The Hall–Kier alpha value is -0.340. The minimum atomic E-state index is -0.389. The van der Waals surface area contributed by atoms with Gasteiger partial charge < -0.3 is 10.8 Å². The van der Waals surface area contributed by atoms with Crippen molar-refractivity contribution >= 4 is 0 Å². The maximum absolute atomic E-state index is 8.79. The lowest BCUT2D eigenvalue weighted by atomic mass is 10.2. The molecule has 0 aromatic carbocycles. The van der Waals surface area contributed by atoms with Crippen LogP contribution in [0.25, 0.3) is 0 Å². The molecule has 0 saturated heterocycles. The van der Waals surface area contributed by atoms with Gasteiger partial charge in [-0.1, -0.05) is 12.2 Å². The van der Waals surface area contributed by atoms with Gasteiger partial charge in [-0.15, -0.1) is 0 Å². The van der Waals surface area contributed by atoms with Gasteiger partial charge in [-0.25, -0.2) is 0 Å². The topological polar surface area (TPSA) is 46.2 Å². The Kier molecular flexibility index (Phi) is 1.13. The highest BCUT2D eigenvalue weighted by atomic mass is 16.3. The predicted octanol–water partition coefficient (Wildman–Crippen LogP) is -0.366. The van der Waals surface area contributed by atoms with Crippen LogP contribution in [0.4, 0.5) is 0 Å². The van der Waals surface area contributed by atoms with Crippen molar-refractivity contribution in [3.8, 4) is 0 Å². The zero-order chi connectivity index (χ0) is 5.28. The molecule has 0 aromatic heterocycles. The molecular formula is C5H9NO. The van der Waals surface area contributed by atoms with Gasteiger partial charge in [-0.2, -0.15) is 0 Å². The van der Waals surface area contributed by atoms with E-state index in [2.05, 4.69) is 0 Å². The first-order chi connectivity index (χ1) is 3.30. The van der Waals surface area contributed by atoms with Crippen molar-refractivity contribution in [3.63, 3.8) is 0 Å². The minimum Gasteiger partial charge on any atom is -0.387 e. The highest BCUT2D eigenvalue weighted by molar-refractivity contribution is 5.03. The molecule has 0 aliphatic heterocycles. The molecule has 3 N–H and O–H groups in total. The van der Waals surface area contributed by atoms with Crippen molar-refractivity contribution in [2.24, 2.45) is 5.73 Å². The van der Waals surface area contributed by atoms with Crippen molar-refractivity contribution < 1.29 is 5.11 Å². The van der Waals surface area contributed by atoms with Crippen LogP contribution in [0.1, 0.15) is 6.42 Å². The van der Waals surface area contributed by atoms with E-state index in [1.807, 2.05) is 6.08 Å². The Morgan fingerprint density at radius 1 is 1.71 bits per heavy atom. The molecule has 0 aromatic rings. The van der Waals surface area contributed by atoms with Crippen molar-refractivity contribution in [3.05, 3.63) is 12.2 Å². The Balaban J connectivity index is 2.45. The molecule has 1 aliphatic rings. The van der Waals surface area contributed by atoms with Crippen molar-refractivity contribution in [1.29, 1.82) is 0 Å². The van der Waals surface area contributed by atoms with Gasteiger partial charge in [0.2, 0.25) is 0 Å². The second-order valence-electron chi connectivity index (χ2n) is 1.82. The monoisotopic (exact) mass is 99.1 g/mol. The van der Waals surface area contributed by atoms with E-state index in [-0.39, 0.29) is 12.1 Å². The van der Waals surface area contributed by atoms with Gasteiger partial charge in [-0.05, 0) is 6.42 Å². The summed E-state index contributed by atoms with van der Waals surface area (Å²) in [6.07, 6.45) is 4.06. The van der Waals surface area contributed by atoms with E-state index >= 15 is 0 Å². The molecule has 0 heterocycles. The lowest BCUT2D eigenvalue weighted by Crippen LogP contribution is -2.28. The number of hydrogen-bond donors (Lipinski definition) is 2. The van der Waals surface area contributed by atoms with Crippen LogP contribution in [-0.2, 0) is 0 Å². The fourth-order valence-corrected chi connectivity index (χ4v) is 0.657. The second-order valence-corrected chi connectivity index (χ2v) is 1.82. The molecule has 0 bridgehead atoms. The summed E-state index contributed by atoms with van der Waals surface area (Å²) in [6, 6.07) is -0.0417. The quantitative estimate of drug-likeness (QED) is 0.407. The summed E-state index contributed by atoms with van der Waals surface area (Å²) in [4.78, 5) is 0. The Morgan fingerprint density at radius 2 is 2.43 bits per heavy atom. The van der Waals surface area contributed by atoms with E-state index in [0.29, 0.717) is 0 Å². The number of aliphatic hydroxyl groups is 1. The highest BCUT2D eigenvalue weighted by Gasteiger charge is 2.13. The van der Waals surface area contributed by atoms with Gasteiger partial charge >= 0.3 is 0 Å². The summed E-state index contributed by atoms with van der Waals surface area (Å²) < 4.78 is 0. The van der Waals surface area contributed by atoms with E-state index in [1.165, 1.54) is 0 Å². The largest absolute Gasteiger partial charge is 0.387 e. The molecule has 2 nitrogen and oxygen atoms in total. The smallest absolute Gasteiger partial charge is 0.0874 e. The Bertz CT molecular complexity index is 90.1. The molecule has 0 fully saturated rings. The molecule has 0 radical (unpaired) electrons. The van der Waals surface area contributed by atoms with Crippen LogP contribution in [0.5, 0.6) is 0 Å². The summed E-state index contributed by atoms with van der Waals surface area (Å²) in [5, 5.41) is 8.79. The van der Waals surface area contributed by atoms with E-state index < -0.39 is 0 Å². The molecular weight excluding hydrogens is 90.1 g/mol. The lowest BCUT2D eigenvalue weighted by molar-refractivity contribution is 0.202. The maximum atomic E-state index is 8.79. The predicted molar refractivity (Wildman–Crippen MR) is 27.7 cm³/mol. The van der Waals surface area contributed by atoms with Crippen molar-refractivity contribution in [2.75, 3.05) is 0 Å². The van der Waals surface area contributed by atoms with Gasteiger partial charge in [0.1, 0.15) is 0 Å². The third kappa shape index (κ3) is 0.813. The lowest BCUT2D eigenvalue weighted by Gasteiger charge is -2.04. The van der Waals surface area contributed by atoms with Gasteiger partial charge in [0, 0.05) is 6.04 Å². The molecule has 2 atom stereocenters. The van der Waals surface area contributed by atoms with Crippen LogP contribution in [0.3, 0.4) is 0 Å². The van der Waals surface area contributed by atoms with E-state index in [4.69, 9.17) is 10.8 Å². The Morgan fingerprint density at radius 3 is 2.57 bits per heavy atom. The summed E-state index contributed by atoms with van der Waals surface area (Å²) in [6.45, 7) is 0.